The summed E-state index contributed by atoms with van der Waals surface area (Å²) in [7, 11) is 5.53. The number of nitrogens with two attached hydrogens (primary N) is 1. The summed E-state index contributed by atoms with van der Waals surface area (Å²) in [6.45, 7) is 5.17. The third-order valence-corrected chi connectivity index (χ3v) is 6.51. The molecular formula is C29H35N7O2+2. The minimum atomic E-state index is -0.131. The molecule has 0 fully saturated rings. The van der Waals surface area contributed by atoms with E-state index in [0.29, 0.717) is 40.2 Å². The summed E-state index contributed by atoms with van der Waals surface area (Å²) in [5.74, 6) is 0.634. The summed E-state index contributed by atoms with van der Waals surface area (Å²) >= 11 is 0. The maximum absolute atomic E-state index is 13.3. The van der Waals surface area contributed by atoms with E-state index in [4.69, 9.17) is 0 Å². The van der Waals surface area contributed by atoms with Crippen LogP contribution in [0.25, 0.3) is 0 Å². The SMILES string of the molecule is C=C[N+](C)=C(NC)[NH2+]Nc1ccc(NCCCNc2ccc(NC)c3c2C(=O)c2ccccc2C3=O)cc1. The zero-order valence-electron chi connectivity index (χ0n) is 22.0. The highest BCUT2D eigenvalue weighted by Crippen LogP contribution is 2.36. The zero-order valence-corrected chi connectivity index (χ0v) is 22.0. The lowest BCUT2D eigenvalue weighted by Crippen LogP contribution is -2.96. The lowest BCUT2D eigenvalue weighted by molar-refractivity contribution is -0.584. The van der Waals surface area contributed by atoms with Crippen LogP contribution < -0.4 is 32.1 Å². The maximum atomic E-state index is 13.3. The molecule has 3 aromatic rings. The highest BCUT2D eigenvalue weighted by molar-refractivity contribution is 6.31. The second-order valence-electron chi connectivity index (χ2n) is 8.87. The molecule has 0 amide bonds. The summed E-state index contributed by atoms with van der Waals surface area (Å²) in [5, 5.41) is 13.0. The van der Waals surface area contributed by atoms with Crippen LogP contribution in [0.4, 0.5) is 22.7 Å². The number of benzene rings is 3. The van der Waals surface area contributed by atoms with Crippen molar-refractivity contribution < 1.29 is 19.6 Å². The van der Waals surface area contributed by atoms with Gasteiger partial charge in [-0.3, -0.25) is 9.59 Å². The van der Waals surface area contributed by atoms with Crippen molar-refractivity contribution in [2.45, 2.75) is 6.42 Å². The molecule has 4 rings (SSSR count). The molecule has 1 aliphatic rings. The van der Waals surface area contributed by atoms with Crippen molar-refractivity contribution in [2.24, 2.45) is 0 Å². The Hall–Kier alpha value is -4.63. The Kier molecular flexibility index (Phi) is 8.40. The number of hydrogen-bond acceptors (Lipinski definition) is 6. The van der Waals surface area contributed by atoms with Crippen molar-refractivity contribution in [3.8, 4) is 0 Å². The molecule has 0 bridgehead atoms. The summed E-state index contributed by atoms with van der Waals surface area (Å²) in [6.07, 6.45) is 2.55. The van der Waals surface area contributed by atoms with Gasteiger partial charge in [-0.2, -0.15) is 4.58 Å². The highest BCUT2D eigenvalue weighted by Gasteiger charge is 2.33. The van der Waals surface area contributed by atoms with E-state index in [0.717, 1.165) is 30.3 Å². The number of fused-ring (bicyclic) bond motifs is 2. The van der Waals surface area contributed by atoms with Crippen LogP contribution in [-0.2, 0) is 0 Å². The lowest BCUT2D eigenvalue weighted by Gasteiger charge is -2.23. The van der Waals surface area contributed by atoms with Gasteiger partial charge in [-0.05, 0) is 42.8 Å². The third-order valence-electron chi connectivity index (χ3n) is 6.51. The van der Waals surface area contributed by atoms with Crippen molar-refractivity contribution in [3.05, 3.63) is 95.7 Å². The quantitative estimate of drug-likeness (QED) is 0.0483. The van der Waals surface area contributed by atoms with Crippen LogP contribution in [0.5, 0.6) is 0 Å². The van der Waals surface area contributed by atoms with Crippen LogP contribution in [-0.4, -0.2) is 56.3 Å². The average Bonchev–Trinajstić information content (AvgIpc) is 2.96. The fourth-order valence-electron chi connectivity index (χ4n) is 4.41. The summed E-state index contributed by atoms with van der Waals surface area (Å²) in [4.78, 5) is 26.6. The number of guanidine groups is 1. The lowest BCUT2D eigenvalue weighted by atomic mass is 9.82. The van der Waals surface area contributed by atoms with Gasteiger partial charge in [-0.15, -0.1) is 5.43 Å². The number of nitrogens with zero attached hydrogens (tertiary/aromatic N) is 1. The van der Waals surface area contributed by atoms with Gasteiger partial charge in [0.25, 0.3) is 0 Å². The molecule has 0 aliphatic heterocycles. The maximum Gasteiger partial charge on any atom is 0.469 e. The third kappa shape index (κ3) is 5.52. The van der Waals surface area contributed by atoms with E-state index in [1.165, 1.54) is 0 Å². The fraction of sp³-hybridized carbons (Fsp3) is 0.207. The van der Waals surface area contributed by atoms with Crippen molar-refractivity contribution in [1.82, 2.24) is 5.32 Å². The molecule has 1 aliphatic carbocycles. The van der Waals surface area contributed by atoms with Crippen molar-refractivity contribution in [2.75, 3.05) is 55.6 Å². The number of carbonyl (C=O) groups is 2. The molecule has 0 radical (unpaired) electrons. The molecule has 38 heavy (non-hydrogen) atoms. The summed E-state index contributed by atoms with van der Waals surface area (Å²) in [5.41, 5.74) is 10.2. The number of rotatable bonds is 10. The minimum absolute atomic E-state index is 0.130. The van der Waals surface area contributed by atoms with Crippen LogP contribution in [0.15, 0.2) is 73.4 Å². The molecule has 0 heterocycles. The minimum Gasteiger partial charge on any atom is -0.388 e. The number of anilines is 4. The van der Waals surface area contributed by atoms with E-state index in [1.807, 2.05) is 60.5 Å². The Balaban J connectivity index is 1.33. The van der Waals surface area contributed by atoms with Gasteiger partial charge in [-0.1, -0.05) is 30.8 Å². The van der Waals surface area contributed by atoms with Gasteiger partial charge in [-0.25, -0.2) is 10.7 Å². The van der Waals surface area contributed by atoms with E-state index in [2.05, 4.69) is 33.3 Å². The molecule has 0 atom stereocenters. The Morgan fingerprint density at radius 2 is 1.42 bits per heavy atom. The van der Waals surface area contributed by atoms with Gasteiger partial charge in [0.05, 0.1) is 37.1 Å². The molecule has 9 nitrogen and oxygen atoms in total. The van der Waals surface area contributed by atoms with E-state index >= 15 is 0 Å². The molecule has 0 aromatic heterocycles. The molecule has 0 saturated carbocycles. The van der Waals surface area contributed by atoms with Gasteiger partial charge in [0.15, 0.2) is 11.6 Å². The topological polar surface area (TPSA) is 114 Å². The molecule has 3 aromatic carbocycles. The van der Waals surface area contributed by atoms with Crippen molar-refractivity contribution >= 4 is 40.3 Å². The van der Waals surface area contributed by atoms with Crippen LogP contribution in [0.3, 0.4) is 0 Å². The first-order valence-corrected chi connectivity index (χ1v) is 12.6. The number of nitrogens with one attached hydrogen (secondary N) is 5. The van der Waals surface area contributed by atoms with E-state index < -0.39 is 0 Å². The Labute approximate surface area is 223 Å². The van der Waals surface area contributed by atoms with E-state index in [9.17, 15) is 9.59 Å². The summed E-state index contributed by atoms with van der Waals surface area (Å²) in [6, 6.07) is 18.8. The van der Waals surface area contributed by atoms with E-state index in [-0.39, 0.29) is 11.6 Å². The normalized spacial score (nSPS) is 12.6. The van der Waals surface area contributed by atoms with Crippen LogP contribution in [0.2, 0.25) is 0 Å². The van der Waals surface area contributed by atoms with Gasteiger partial charge >= 0.3 is 5.96 Å². The van der Waals surface area contributed by atoms with Gasteiger partial charge < -0.3 is 16.0 Å². The predicted molar refractivity (Wildman–Crippen MR) is 153 cm³/mol. The van der Waals surface area contributed by atoms with Gasteiger partial charge in [0.1, 0.15) is 0 Å². The van der Waals surface area contributed by atoms with Crippen molar-refractivity contribution in [1.29, 1.82) is 0 Å². The first kappa shape index (κ1) is 26.4. The molecule has 0 saturated heterocycles. The van der Waals surface area contributed by atoms with Crippen LogP contribution in [0, 0.1) is 0 Å². The van der Waals surface area contributed by atoms with Crippen molar-refractivity contribution in [3.63, 3.8) is 0 Å². The molecule has 0 spiro atoms. The summed E-state index contributed by atoms with van der Waals surface area (Å²) < 4.78 is 1.88. The first-order valence-electron chi connectivity index (χ1n) is 12.6. The van der Waals surface area contributed by atoms with E-state index in [1.54, 1.807) is 37.5 Å². The Morgan fingerprint density at radius 3 is 2.03 bits per heavy atom. The smallest absolute Gasteiger partial charge is 0.388 e. The standard InChI is InChI=1S/C29H33N7O2/c1-5-36(4)29(31-3)35-34-20-13-11-19(12-14-20)32-17-8-18-33-24-16-15-23(30-2)25-26(24)28(38)22-10-7-6-9-21(22)27(25)37/h5-7,9-16H,1,8,17-18H2,2-4H3,(H5,30,31,32,33,34,35,37,38)/p+2. The number of hydrogen-bond donors (Lipinski definition) is 6. The second kappa shape index (κ2) is 12.1. The number of ketones is 2. The number of nitrogen functional groups attached to an aromatic ring is 1. The fourth-order valence-corrected chi connectivity index (χ4v) is 4.41. The second-order valence-corrected chi connectivity index (χ2v) is 8.87. The largest absolute Gasteiger partial charge is 0.469 e. The van der Waals surface area contributed by atoms with Gasteiger partial charge in [0, 0.05) is 48.3 Å². The molecule has 9 heteroatoms. The predicted octanol–water partition coefficient (Wildman–Crippen LogP) is 2.67. The number of quaternary nitrogens is 1. The Morgan fingerprint density at radius 1 is 0.842 bits per heavy atom. The number of carbonyl (C=O) groups excluding carboxylic acids is 2. The molecule has 196 valence electrons. The average molecular weight is 514 g/mol. The monoisotopic (exact) mass is 513 g/mol. The van der Waals surface area contributed by atoms with Crippen LogP contribution in [0.1, 0.15) is 38.3 Å². The molecular weight excluding hydrogens is 478 g/mol. The molecule has 0 unspecified atom stereocenters. The van der Waals surface area contributed by atoms with Crippen LogP contribution >= 0.6 is 0 Å². The molecule has 7 N–H and O–H groups in total. The Bertz CT molecular complexity index is 1380. The first-order chi connectivity index (χ1) is 18.5. The van der Waals surface area contributed by atoms with Gasteiger partial charge in [0.2, 0.25) is 0 Å². The highest BCUT2D eigenvalue weighted by atomic mass is 16.1. The zero-order chi connectivity index (χ0) is 27.1.